The molecule has 4 heterocycles. The second kappa shape index (κ2) is 8.23. The van der Waals surface area contributed by atoms with Gasteiger partial charge in [-0.2, -0.15) is 4.98 Å². The van der Waals surface area contributed by atoms with Gasteiger partial charge in [0.2, 0.25) is 5.88 Å². The van der Waals surface area contributed by atoms with E-state index in [-0.39, 0.29) is 0 Å². The van der Waals surface area contributed by atoms with Crippen LogP contribution in [0.4, 0.5) is 5.82 Å². The second-order valence-electron chi connectivity index (χ2n) is 7.97. The van der Waals surface area contributed by atoms with Gasteiger partial charge in [-0.25, -0.2) is 4.98 Å². The largest absolute Gasteiger partial charge is 0.488 e. The molecule has 10 heteroatoms. The van der Waals surface area contributed by atoms with Crippen molar-refractivity contribution < 1.29 is 19.6 Å². The van der Waals surface area contributed by atoms with E-state index in [2.05, 4.69) is 10.3 Å². The number of anilines is 1. The zero-order chi connectivity index (χ0) is 23.1. The molecule has 0 aliphatic carbocycles. The van der Waals surface area contributed by atoms with Gasteiger partial charge in [0, 0.05) is 19.2 Å². The highest BCUT2D eigenvalue weighted by molar-refractivity contribution is 6.58. The summed E-state index contributed by atoms with van der Waals surface area (Å²) in [5, 5.41) is 22.2. The third kappa shape index (κ3) is 3.79. The molecule has 0 bridgehead atoms. The first-order valence-corrected chi connectivity index (χ1v) is 10.6. The fraction of sp³-hybridized carbons (Fsp3) is 0.174. The van der Waals surface area contributed by atoms with E-state index in [9.17, 15) is 14.8 Å². The summed E-state index contributed by atoms with van der Waals surface area (Å²) in [4.78, 5) is 21.3. The summed E-state index contributed by atoms with van der Waals surface area (Å²) in [5.41, 5.74) is 10.5. The van der Waals surface area contributed by atoms with Crippen molar-refractivity contribution in [3.05, 3.63) is 70.9 Å². The topological polar surface area (TPSA) is 135 Å². The Kier molecular flexibility index (Phi) is 5.23. The average molecular weight is 443 g/mol. The lowest BCUT2D eigenvalue weighted by atomic mass is 9.79. The molecule has 1 aromatic carbocycles. The van der Waals surface area contributed by atoms with Crippen molar-refractivity contribution in [3.8, 4) is 17.4 Å². The van der Waals surface area contributed by atoms with Crippen molar-refractivity contribution >= 4 is 29.8 Å². The number of carbonyl (C=O) groups is 1. The number of fused-ring (bicyclic) bond motifs is 2. The van der Waals surface area contributed by atoms with E-state index in [4.69, 9.17) is 15.5 Å². The van der Waals surface area contributed by atoms with Gasteiger partial charge in [0.15, 0.2) is 5.82 Å². The lowest BCUT2D eigenvalue weighted by molar-refractivity contribution is 0.100. The van der Waals surface area contributed by atoms with E-state index in [1.807, 2.05) is 29.7 Å². The molecule has 33 heavy (non-hydrogen) atoms. The Morgan fingerprint density at radius 2 is 2.09 bits per heavy atom. The second-order valence-corrected chi connectivity index (χ2v) is 7.97. The SMILES string of the molecule is Cc1cc2c(C(N)=O)cccn2c1-c1nc(NCc2cccc(B(O)O)c2)c2c(n1)OCC2. The monoisotopic (exact) mass is 443 g/mol. The maximum Gasteiger partial charge on any atom is 0.488 e. The molecule has 166 valence electrons. The van der Waals surface area contributed by atoms with Gasteiger partial charge >= 0.3 is 7.12 Å². The number of hydrogen-bond acceptors (Lipinski definition) is 7. The van der Waals surface area contributed by atoms with Crippen LogP contribution >= 0.6 is 0 Å². The molecule has 9 nitrogen and oxygen atoms in total. The molecule has 0 atom stereocenters. The van der Waals surface area contributed by atoms with Gasteiger partial charge in [-0.3, -0.25) is 4.79 Å². The number of carbonyl (C=O) groups excluding carboxylic acids is 1. The molecule has 4 aromatic rings. The number of aromatic nitrogens is 3. The zero-order valence-electron chi connectivity index (χ0n) is 17.9. The Morgan fingerprint density at radius 1 is 1.24 bits per heavy atom. The molecule has 1 aliphatic heterocycles. The van der Waals surface area contributed by atoms with Gasteiger partial charge in [-0.1, -0.05) is 24.3 Å². The number of primary amides is 1. The third-order valence-electron chi connectivity index (χ3n) is 5.75. The van der Waals surface area contributed by atoms with E-state index in [0.29, 0.717) is 53.6 Å². The van der Waals surface area contributed by atoms with E-state index in [1.165, 1.54) is 0 Å². The fourth-order valence-electron chi connectivity index (χ4n) is 4.18. The molecule has 5 rings (SSSR count). The van der Waals surface area contributed by atoms with Crippen molar-refractivity contribution in [2.75, 3.05) is 11.9 Å². The molecular formula is C23H22BN5O4. The maximum atomic E-state index is 11.9. The van der Waals surface area contributed by atoms with E-state index in [1.54, 1.807) is 30.3 Å². The summed E-state index contributed by atoms with van der Waals surface area (Å²) in [6, 6.07) is 12.4. The van der Waals surface area contributed by atoms with Crippen LogP contribution in [0.3, 0.4) is 0 Å². The molecule has 1 amide bonds. The number of nitrogens with zero attached hydrogens (tertiary/aromatic N) is 3. The Morgan fingerprint density at radius 3 is 2.88 bits per heavy atom. The van der Waals surface area contributed by atoms with Gasteiger partial charge in [0.1, 0.15) is 5.82 Å². The molecule has 0 saturated carbocycles. The predicted molar refractivity (Wildman–Crippen MR) is 124 cm³/mol. The lowest BCUT2D eigenvalue weighted by Gasteiger charge is -2.13. The zero-order valence-corrected chi connectivity index (χ0v) is 17.9. The van der Waals surface area contributed by atoms with Gasteiger partial charge in [-0.15, -0.1) is 0 Å². The first kappa shape index (κ1) is 21.0. The van der Waals surface area contributed by atoms with E-state index < -0.39 is 13.0 Å². The van der Waals surface area contributed by atoms with Gasteiger partial charge in [0.05, 0.1) is 28.9 Å². The van der Waals surface area contributed by atoms with Crippen LogP contribution in [0.1, 0.15) is 27.0 Å². The van der Waals surface area contributed by atoms with E-state index in [0.717, 1.165) is 22.4 Å². The average Bonchev–Trinajstić information content (AvgIpc) is 3.40. The molecule has 0 saturated heterocycles. The first-order chi connectivity index (χ1) is 15.9. The minimum Gasteiger partial charge on any atom is -0.477 e. The van der Waals surface area contributed by atoms with Crippen LogP contribution in [0.25, 0.3) is 17.0 Å². The summed E-state index contributed by atoms with van der Waals surface area (Å²) in [6.45, 7) is 2.89. The number of ether oxygens (including phenoxy) is 1. The van der Waals surface area contributed by atoms with Crippen LogP contribution in [0, 0.1) is 6.92 Å². The molecule has 1 aliphatic rings. The molecule has 0 spiro atoms. The van der Waals surface area contributed by atoms with Crippen molar-refractivity contribution in [2.24, 2.45) is 5.73 Å². The molecule has 0 fully saturated rings. The van der Waals surface area contributed by atoms with Crippen LogP contribution in [-0.2, 0) is 13.0 Å². The normalized spacial score (nSPS) is 12.5. The minimum absolute atomic E-state index is 0.423. The number of pyridine rings is 1. The number of benzene rings is 1. The van der Waals surface area contributed by atoms with Crippen molar-refractivity contribution in [1.29, 1.82) is 0 Å². The minimum atomic E-state index is -1.52. The molecular weight excluding hydrogens is 421 g/mol. The number of aryl methyl sites for hydroxylation is 1. The summed E-state index contributed by atoms with van der Waals surface area (Å²) in [6.07, 6.45) is 2.54. The number of nitrogens with one attached hydrogen (secondary N) is 1. The highest BCUT2D eigenvalue weighted by Crippen LogP contribution is 2.34. The van der Waals surface area contributed by atoms with Crippen molar-refractivity contribution in [2.45, 2.75) is 19.9 Å². The van der Waals surface area contributed by atoms with Crippen molar-refractivity contribution in [1.82, 2.24) is 14.4 Å². The van der Waals surface area contributed by atoms with Gasteiger partial charge in [-0.05, 0) is 41.7 Å². The smallest absolute Gasteiger partial charge is 0.477 e. The number of hydrogen-bond donors (Lipinski definition) is 4. The quantitative estimate of drug-likeness (QED) is 0.327. The summed E-state index contributed by atoms with van der Waals surface area (Å²) >= 11 is 0. The molecule has 5 N–H and O–H groups in total. The third-order valence-corrected chi connectivity index (χ3v) is 5.75. The van der Waals surface area contributed by atoms with Gasteiger partial charge < -0.3 is 30.2 Å². The standard InChI is InChI=1S/C23H22BN5O4/c1-13-10-18-16(20(25)30)6-3-8-29(18)19(13)22-27-21(17-7-9-33-23(17)28-22)26-12-14-4-2-5-15(11-14)24(31)32/h2-6,8,10-11,31-32H,7,9,12H2,1H3,(H2,25,30)(H,26,27,28). The van der Waals surface area contributed by atoms with Crippen LogP contribution in [0.15, 0.2) is 48.7 Å². The Bertz CT molecular complexity index is 1390. The van der Waals surface area contributed by atoms with Crippen LogP contribution in [0.2, 0.25) is 0 Å². The van der Waals surface area contributed by atoms with Crippen molar-refractivity contribution in [3.63, 3.8) is 0 Å². The Balaban J connectivity index is 1.56. The number of nitrogens with two attached hydrogens (primary N) is 1. The van der Waals surface area contributed by atoms with E-state index >= 15 is 0 Å². The van der Waals surface area contributed by atoms with Crippen LogP contribution in [0.5, 0.6) is 5.88 Å². The van der Waals surface area contributed by atoms with Gasteiger partial charge in [0.25, 0.3) is 5.91 Å². The molecule has 3 aromatic heterocycles. The van der Waals surface area contributed by atoms with Crippen LogP contribution in [-0.4, -0.2) is 44.0 Å². The summed E-state index contributed by atoms with van der Waals surface area (Å²) in [7, 11) is -1.52. The summed E-state index contributed by atoms with van der Waals surface area (Å²) in [5.74, 6) is 1.16. The maximum absolute atomic E-state index is 11.9. The number of amides is 1. The predicted octanol–water partition coefficient (Wildman–Crippen LogP) is 1.03. The first-order valence-electron chi connectivity index (χ1n) is 10.6. The highest BCUT2D eigenvalue weighted by atomic mass is 16.5. The summed E-state index contributed by atoms with van der Waals surface area (Å²) < 4.78 is 7.62. The highest BCUT2D eigenvalue weighted by Gasteiger charge is 2.24. The molecule has 0 unspecified atom stereocenters. The van der Waals surface area contributed by atoms with Crippen LogP contribution < -0.4 is 21.3 Å². The lowest BCUT2D eigenvalue weighted by Crippen LogP contribution is -2.30. The molecule has 0 radical (unpaired) electrons. The Hall–Kier alpha value is -3.89. The number of rotatable bonds is 6. The fourth-order valence-corrected chi connectivity index (χ4v) is 4.18. The Labute approximate surface area is 190 Å².